The number of ether oxygens (including phenoxy) is 1. The minimum absolute atomic E-state index is 0.220. The fraction of sp³-hybridized carbons (Fsp3) is 0.714. The third-order valence-electron chi connectivity index (χ3n) is 1.38. The number of carbonyl (C=O) groups excluding carboxylic acids is 2. The Bertz CT molecular complexity index is 156. The van der Waals surface area contributed by atoms with Crippen molar-refractivity contribution in [2.24, 2.45) is 5.92 Å². The molecular weight excluding hydrogens is 168 g/mol. The first-order valence-corrected chi connectivity index (χ1v) is 3.72. The maximum atomic E-state index is 10.7. The van der Waals surface area contributed by atoms with Crippen molar-refractivity contribution in [3.8, 4) is 0 Å². The zero-order chi connectivity index (χ0) is 8.85. The highest BCUT2D eigenvalue weighted by atomic mass is 35.5. The molecule has 11 heavy (non-hydrogen) atoms. The summed E-state index contributed by atoms with van der Waals surface area (Å²) in [6.07, 6.45) is 0.673. The molecule has 0 saturated carbocycles. The molecule has 0 bridgehead atoms. The maximum Gasteiger partial charge on any atom is 0.308 e. The molecule has 0 radical (unpaired) electrons. The van der Waals surface area contributed by atoms with E-state index in [1.54, 1.807) is 6.92 Å². The highest BCUT2D eigenvalue weighted by Gasteiger charge is 2.13. The van der Waals surface area contributed by atoms with Crippen LogP contribution in [0.15, 0.2) is 0 Å². The Kier molecular flexibility index (Phi) is 4.86. The number of hydrogen-bond acceptors (Lipinski definition) is 3. The number of methoxy groups -OCH3 is 1. The molecule has 0 heterocycles. The van der Waals surface area contributed by atoms with E-state index in [0.717, 1.165) is 0 Å². The number of esters is 1. The summed E-state index contributed by atoms with van der Waals surface area (Å²) in [6.45, 7) is 1.70. The van der Waals surface area contributed by atoms with Crippen LogP contribution < -0.4 is 0 Å². The second kappa shape index (κ2) is 5.13. The number of hydrogen-bond donors (Lipinski definition) is 0. The second-order valence-corrected chi connectivity index (χ2v) is 2.74. The van der Waals surface area contributed by atoms with Crippen molar-refractivity contribution in [1.82, 2.24) is 0 Å². The standard InChI is InChI=1S/C7H11ClO3/c1-5(7(10)11-2)3-4-6(8)9/h5H,3-4H2,1-2H3. The monoisotopic (exact) mass is 178 g/mol. The number of halogens is 1. The van der Waals surface area contributed by atoms with Gasteiger partial charge in [-0.15, -0.1) is 0 Å². The topological polar surface area (TPSA) is 43.4 Å². The normalized spacial score (nSPS) is 12.3. The molecule has 0 aromatic carbocycles. The zero-order valence-corrected chi connectivity index (χ0v) is 7.35. The summed E-state index contributed by atoms with van der Waals surface area (Å²) in [5.74, 6) is -0.550. The van der Waals surface area contributed by atoms with E-state index in [9.17, 15) is 9.59 Å². The van der Waals surface area contributed by atoms with Gasteiger partial charge in [-0.3, -0.25) is 9.59 Å². The van der Waals surface area contributed by atoms with Crippen LogP contribution in [0.5, 0.6) is 0 Å². The third kappa shape index (κ3) is 4.79. The van der Waals surface area contributed by atoms with Crippen LogP contribution in [0.1, 0.15) is 19.8 Å². The maximum absolute atomic E-state index is 10.7. The lowest BCUT2D eigenvalue weighted by molar-refractivity contribution is -0.145. The summed E-state index contributed by atoms with van der Waals surface area (Å²) in [7, 11) is 1.32. The van der Waals surface area contributed by atoms with E-state index in [1.807, 2.05) is 0 Å². The molecule has 1 unspecified atom stereocenters. The minimum Gasteiger partial charge on any atom is -0.469 e. The molecule has 0 amide bonds. The lowest BCUT2D eigenvalue weighted by Crippen LogP contribution is -2.13. The van der Waals surface area contributed by atoms with Crippen LogP contribution >= 0.6 is 11.6 Å². The van der Waals surface area contributed by atoms with Crippen LogP contribution in [0.25, 0.3) is 0 Å². The van der Waals surface area contributed by atoms with E-state index in [4.69, 9.17) is 11.6 Å². The molecule has 0 aromatic heterocycles. The van der Waals surface area contributed by atoms with Crippen molar-refractivity contribution in [2.45, 2.75) is 19.8 Å². The highest BCUT2D eigenvalue weighted by molar-refractivity contribution is 6.63. The molecule has 1 atom stereocenters. The molecule has 64 valence electrons. The predicted molar refractivity (Wildman–Crippen MR) is 41.3 cm³/mol. The first-order chi connectivity index (χ1) is 5.07. The molecule has 0 N–H and O–H groups in total. The molecule has 0 aliphatic rings. The van der Waals surface area contributed by atoms with Gasteiger partial charge in [0.1, 0.15) is 0 Å². The average Bonchev–Trinajstić information content (AvgIpc) is 1.98. The first kappa shape index (κ1) is 10.4. The summed E-state index contributed by atoms with van der Waals surface area (Å²) in [4.78, 5) is 21.0. The summed E-state index contributed by atoms with van der Waals surface area (Å²) in [6, 6.07) is 0. The van der Waals surface area contributed by atoms with E-state index in [0.29, 0.717) is 6.42 Å². The second-order valence-electron chi connectivity index (χ2n) is 2.32. The van der Waals surface area contributed by atoms with Crippen LogP contribution in [-0.4, -0.2) is 18.3 Å². The van der Waals surface area contributed by atoms with Crippen molar-refractivity contribution in [1.29, 1.82) is 0 Å². The third-order valence-corrected chi connectivity index (χ3v) is 1.57. The van der Waals surface area contributed by atoms with Crippen molar-refractivity contribution < 1.29 is 14.3 Å². The van der Waals surface area contributed by atoms with Gasteiger partial charge in [0, 0.05) is 6.42 Å². The highest BCUT2D eigenvalue weighted by Crippen LogP contribution is 2.08. The largest absolute Gasteiger partial charge is 0.469 e. The molecule has 0 saturated heterocycles. The predicted octanol–water partition coefficient (Wildman–Crippen LogP) is 1.34. The van der Waals surface area contributed by atoms with E-state index < -0.39 is 5.24 Å². The summed E-state index contributed by atoms with van der Waals surface area (Å²) < 4.78 is 4.45. The van der Waals surface area contributed by atoms with Gasteiger partial charge >= 0.3 is 5.97 Å². The lowest BCUT2D eigenvalue weighted by atomic mass is 10.1. The molecule has 3 nitrogen and oxygen atoms in total. The molecule has 0 aliphatic heterocycles. The summed E-state index contributed by atoms with van der Waals surface area (Å²) in [5, 5.41) is -0.416. The van der Waals surface area contributed by atoms with Crippen LogP contribution in [0.3, 0.4) is 0 Å². The van der Waals surface area contributed by atoms with E-state index >= 15 is 0 Å². The zero-order valence-electron chi connectivity index (χ0n) is 6.59. The van der Waals surface area contributed by atoms with Gasteiger partial charge < -0.3 is 4.74 Å². The molecule has 4 heteroatoms. The average molecular weight is 179 g/mol. The van der Waals surface area contributed by atoms with Gasteiger partial charge in [0.05, 0.1) is 13.0 Å². The summed E-state index contributed by atoms with van der Waals surface area (Å²) in [5.41, 5.74) is 0. The van der Waals surface area contributed by atoms with Crippen LogP contribution in [0.4, 0.5) is 0 Å². The van der Waals surface area contributed by atoms with Gasteiger partial charge in [-0.25, -0.2) is 0 Å². The fourth-order valence-corrected chi connectivity index (χ4v) is 0.758. The SMILES string of the molecule is COC(=O)C(C)CCC(=O)Cl. The van der Waals surface area contributed by atoms with Crippen molar-refractivity contribution in [3.05, 3.63) is 0 Å². The molecule has 0 spiro atoms. The molecule has 0 aliphatic carbocycles. The lowest BCUT2D eigenvalue weighted by Gasteiger charge is -2.05. The Hall–Kier alpha value is -0.570. The van der Waals surface area contributed by atoms with Gasteiger partial charge in [0.25, 0.3) is 0 Å². The van der Waals surface area contributed by atoms with Gasteiger partial charge in [-0.05, 0) is 18.0 Å². The van der Waals surface area contributed by atoms with Crippen molar-refractivity contribution >= 4 is 22.8 Å². The van der Waals surface area contributed by atoms with E-state index in [1.165, 1.54) is 7.11 Å². The van der Waals surface area contributed by atoms with E-state index in [2.05, 4.69) is 4.74 Å². The smallest absolute Gasteiger partial charge is 0.308 e. The quantitative estimate of drug-likeness (QED) is 0.482. The molecular formula is C7H11ClO3. The molecule has 0 aromatic rings. The van der Waals surface area contributed by atoms with Crippen molar-refractivity contribution in [2.75, 3.05) is 7.11 Å². The van der Waals surface area contributed by atoms with Crippen LogP contribution in [0.2, 0.25) is 0 Å². The fourth-order valence-electron chi connectivity index (χ4n) is 0.649. The minimum atomic E-state index is -0.416. The van der Waals surface area contributed by atoms with Gasteiger partial charge in [0.2, 0.25) is 5.24 Å². The van der Waals surface area contributed by atoms with Gasteiger partial charge in [-0.2, -0.15) is 0 Å². The van der Waals surface area contributed by atoms with E-state index in [-0.39, 0.29) is 18.3 Å². The van der Waals surface area contributed by atoms with Gasteiger partial charge in [0.15, 0.2) is 0 Å². The molecule has 0 fully saturated rings. The summed E-state index contributed by atoms with van der Waals surface area (Å²) >= 11 is 5.08. The Morgan fingerprint density at radius 1 is 1.55 bits per heavy atom. The Balaban J connectivity index is 3.60. The van der Waals surface area contributed by atoms with Crippen LogP contribution in [-0.2, 0) is 14.3 Å². The Morgan fingerprint density at radius 2 is 2.09 bits per heavy atom. The van der Waals surface area contributed by atoms with Gasteiger partial charge in [-0.1, -0.05) is 6.92 Å². The van der Waals surface area contributed by atoms with Crippen molar-refractivity contribution in [3.63, 3.8) is 0 Å². The Labute approximate surface area is 70.7 Å². The molecule has 0 rings (SSSR count). The first-order valence-electron chi connectivity index (χ1n) is 3.34. The Morgan fingerprint density at radius 3 is 2.45 bits per heavy atom. The number of carbonyl (C=O) groups is 2. The van der Waals surface area contributed by atoms with Crippen LogP contribution in [0, 0.1) is 5.92 Å². The number of rotatable bonds is 4.